The maximum atomic E-state index is 11.5. The van der Waals surface area contributed by atoms with E-state index in [1.165, 1.54) is 36.5 Å². The lowest BCUT2D eigenvalue weighted by molar-refractivity contribution is 0.417. The molecule has 3 rings (SSSR count). The first-order valence-electron chi connectivity index (χ1n) is 7.05. The van der Waals surface area contributed by atoms with Gasteiger partial charge in [-0.3, -0.25) is 0 Å². The van der Waals surface area contributed by atoms with Crippen molar-refractivity contribution >= 4 is 27.4 Å². The number of aromatic nitrogens is 4. The van der Waals surface area contributed by atoms with Gasteiger partial charge in [-0.15, -0.1) is 0 Å². The molecule has 0 radical (unpaired) electrons. The number of nitrogens with one attached hydrogen (secondary N) is 1. The van der Waals surface area contributed by atoms with E-state index >= 15 is 0 Å². The maximum Gasteiger partial charge on any atom is 0.348 e. The molecule has 0 spiro atoms. The van der Waals surface area contributed by atoms with Crippen molar-refractivity contribution in [3.8, 4) is 0 Å². The smallest absolute Gasteiger partial charge is 0.348 e. The number of hydrogen-bond acceptors (Lipinski definition) is 4. The van der Waals surface area contributed by atoms with Gasteiger partial charge < -0.3 is 4.90 Å². The molecule has 0 unspecified atom stereocenters. The molecule has 1 N–H and O–H groups in total. The molecule has 1 fully saturated rings. The second-order valence-corrected chi connectivity index (χ2v) is 5.97. The van der Waals surface area contributed by atoms with Gasteiger partial charge in [-0.25, -0.2) is 19.3 Å². The molecule has 1 aliphatic carbocycles. The Balaban J connectivity index is 1.93. The fourth-order valence-corrected chi connectivity index (χ4v) is 3.31. The molecule has 20 heavy (non-hydrogen) atoms. The van der Waals surface area contributed by atoms with Crippen LogP contribution >= 0.6 is 15.9 Å². The van der Waals surface area contributed by atoms with Crippen LogP contribution < -0.4 is 10.6 Å². The zero-order valence-corrected chi connectivity index (χ0v) is 12.8. The first-order chi connectivity index (χ1) is 9.79. The average molecular weight is 340 g/mol. The number of rotatable bonds is 4. The van der Waals surface area contributed by atoms with Crippen LogP contribution in [0.1, 0.15) is 32.1 Å². The van der Waals surface area contributed by atoms with E-state index in [0.717, 1.165) is 17.7 Å². The predicted octanol–water partition coefficient (Wildman–Crippen LogP) is 1.95. The summed E-state index contributed by atoms with van der Waals surface area (Å²) >= 11 is 3.52. The highest BCUT2D eigenvalue weighted by Crippen LogP contribution is 2.26. The van der Waals surface area contributed by atoms with Gasteiger partial charge in [-0.1, -0.05) is 35.2 Å². The number of halogens is 1. The van der Waals surface area contributed by atoms with E-state index in [1.807, 2.05) is 6.07 Å². The number of H-pyrrole nitrogens is 1. The summed E-state index contributed by atoms with van der Waals surface area (Å²) in [4.78, 5) is 18.3. The second-order valence-electron chi connectivity index (χ2n) is 5.18. The van der Waals surface area contributed by atoms with Crippen LogP contribution in [0.15, 0.2) is 17.2 Å². The molecule has 108 valence electrons. The molecular weight excluding hydrogens is 322 g/mol. The van der Waals surface area contributed by atoms with Gasteiger partial charge in [0, 0.05) is 24.0 Å². The van der Waals surface area contributed by atoms with Crippen LogP contribution in [0.2, 0.25) is 0 Å². The van der Waals surface area contributed by atoms with Gasteiger partial charge in [-0.05, 0) is 12.8 Å². The summed E-state index contributed by atoms with van der Waals surface area (Å²) in [7, 11) is 0. The van der Waals surface area contributed by atoms with Crippen molar-refractivity contribution in [3.63, 3.8) is 0 Å². The van der Waals surface area contributed by atoms with Gasteiger partial charge in [0.25, 0.3) is 0 Å². The Morgan fingerprint density at radius 2 is 2.20 bits per heavy atom. The lowest BCUT2D eigenvalue weighted by Gasteiger charge is -2.34. The highest BCUT2D eigenvalue weighted by atomic mass is 79.9. The summed E-state index contributed by atoms with van der Waals surface area (Å²) in [5.74, 6) is 0.905. The molecule has 0 atom stereocenters. The zero-order valence-electron chi connectivity index (χ0n) is 11.3. The third-order valence-electron chi connectivity index (χ3n) is 3.93. The van der Waals surface area contributed by atoms with Gasteiger partial charge in [0.2, 0.25) is 0 Å². The molecular formula is C13H18BrN5O. The third kappa shape index (κ3) is 2.59. The van der Waals surface area contributed by atoms with Crippen molar-refractivity contribution in [1.29, 1.82) is 0 Å². The Kier molecular flexibility index (Phi) is 4.05. The summed E-state index contributed by atoms with van der Waals surface area (Å²) in [6, 6.07) is 2.43. The van der Waals surface area contributed by atoms with E-state index in [-0.39, 0.29) is 5.69 Å². The molecule has 1 saturated carbocycles. The van der Waals surface area contributed by atoms with E-state index in [4.69, 9.17) is 0 Å². The number of hydrogen-bond donors (Lipinski definition) is 1. The van der Waals surface area contributed by atoms with Crippen LogP contribution in [-0.4, -0.2) is 37.5 Å². The molecule has 0 aromatic carbocycles. The summed E-state index contributed by atoms with van der Waals surface area (Å²) < 4.78 is 1.43. The van der Waals surface area contributed by atoms with E-state index < -0.39 is 0 Å². The maximum absolute atomic E-state index is 11.5. The van der Waals surface area contributed by atoms with Crippen LogP contribution in [0.3, 0.4) is 0 Å². The predicted molar refractivity (Wildman–Crippen MR) is 81.6 cm³/mol. The van der Waals surface area contributed by atoms with Crippen LogP contribution in [0.25, 0.3) is 5.65 Å². The van der Waals surface area contributed by atoms with Crippen molar-refractivity contribution in [1.82, 2.24) is 19.6 Å². The Labute approximate surface area is 125 Å². The third-order valence-corrected chi connectivity index (χ3v) is 4.29. The number of nitrogens with zero attached hydrogens (tertiary/aromatic N) is 4. The van der Waals surface area contributed by atoms with Crippen molar-refractivity contribution in [2.45, 2.75) is 38.1 Å². The van der Waals surface area contributed by atoms with Crippen LogP contribution in [0.5, 0.6) is 0 Å². The quantitative estimate of drug-likeness (QED) is 0.864. The zero-order chi connectivity index (χ0) is 13.9. The fraction of sp³-hybridized carbons (Fsp3) is 0.615. The first-order valence-corrected chi connectivity index (χ1v) is 8.17. The molecule has 2 aromatic rings. The van der Waals surface area contributed by atoms with E-state index in [2.05, 4.69) is 36.0 Å². The second kappa shape index (κ2) is 5.95. The molecule has 2 aromatic heterocycles. The topological polar surface area (TPSA) is 66.3 Å². The van der Waals surface area contributed by atoms with Crippen LogP contribution in [0.4, 0.5) is 5.82 Å². The molecule has 0 aliphatic heterocycles. The van der Waals surface area contributed by atoms with E-state index in [1.54, 1.807) is 6.33 Å². The summed E-state index contributed by atoms with van der Waals surface area (Å²) in [6.45, 7) is 0.919. The summed E-state index contributed by atoms with van der Waals surface area (Å²) in [6.07, 6.45) is 7.89. The Bertz CT molecular complexity index is 631. The van der Waals surface area contributed by atoms with Gasteiger partial charge in [0.05, 0.1) is 0 Å². The molecule has 0 bridgehead atoms. The number of alkyl halides is 1. The molecule has 2 heterocycles. The number of anilines is 1. The van der Waals surface area contributed by atoms with E-state index in [0.29, 0.717) is 11.7 Å². The van der Waals surface area contributed by atoms with Crippen molar-refractivity contribution in [2.75, 3.05) is 16.8 Å². The van der Waals surface area contributed by atoms with Crippen molar-refractivity contribution in [2.24, 2.45) is 0 Å². The molecule has 1 aliphatic rings. The average Bonchev–Trinajstić information content (AvgIpc) is 2.86. The van der Waals surface area contributed by atoms with Crippen molar-refractivity contribution < 1.29 is 0 Å². The van der Waals surface area contributed by atoms with Gasteiger partial charge in [-0.2, -0.15) is 5.10 Å². The minimum absolute atomic E-state index is 0.247. The number of fused-ring (bicyclic) bond motifs is 1. The Morgan fingerprint density at radius 3 is 2.95 bits per heavy atom. The lowest BCUT2D eigenvalue weighted by Crippen LogP contribution is -2.38. The fourth-order valence-electron chi connectivity index (χ4n) is 2.92. The standard InChI is InChI=1S/C13H18BrN5O/c14-6-7-18(10-4-2-1-3-5-10)11-8-12-16-17-13(20)19(12)9-15-11/h8-10H,1-7H2,(H,17,20). The van der Waals surface area contributed by atoms with E-state index in [9.17, 15) is 4.79 Å². The highest BCUT2D eigenvalue weighted by molar-refractivity contribution is 9.09. The molecule has 0 saturated heterocycles. The minimum Gasteiger partial charge on any atom is -0.353 e. The number of aromatic amines is 1. The summed E-state index contributed by atoms with van der Waals surface area (Å²) in [5.41, 5.74) is 0.374. The van der Waals surface area contributed by atoms with Gasteiger partial charge in [0.15, 0.2) is 5.65 Å². The lowest BCUT2D eigenvalue weighted by atomic mass is 9.94. The normalized spacial score (nSPS) is 16.6. The van der Waals surface area contributed by atoms with Gasteiger partial charge in [0.1, 0.15) is 12.1 Å². The molecule has 0 amide bonds. The van der Waals surface area contributed by atoms with Gasteiger partial charge >= 0.3 is 5.69 Å². The largest absolute Gasteiger partial charge is 0.353 e. The monoisotopic (exact) mass is 339 g/mol. The Morgan fingerprint density at radius 1 is 1.40 bits per heavy atom. The SMILES string of the molecule is O=c1[nH]nc2cc(N(CCBr)C3CCCCC3)ncn12. The molecule has 6 nitrogen and oxygen atoms in total. The van der Waals surface area contributed by atoms with Crippen LogP contribution in [0, 0.1) is 0 Å². The Hall–Kier alpha value is -1.37. The first kappa shape index (κ1) is 13.6. The highest BCUT2D eigenvalue weighted by Gasteiger charge is 2.22. The minimum atomic E-state index is -0.247. The van der Waals surface area contributed by atoms with Crippen LogP contribution in [-0.2, 0) is 0 Å². The van der Waals surface area contributed by atoms with Crippen molar-refractivity contribution in [3.05, 3.63) is 22.9 Å². The summed E-state index contributed by atoms with van der Waals surface area (Å²) in [5, 5.41) is 7.36. The molecule has 7 heteroatoms.